The summed E-state index contributed by atoms with van der Waals surface area (Å²) in [7, 11) is 0. The van der Waals surface area contributed by atoms with Crippen LogP contribution in [-0.2, 0) is 28.6 Å². The number of carbonyl (C=O) groups is 3. The molecule has 1 fully saturated rings. The van der Waals surface area contributed by atoms with Crippen molar-refractivity contribution in [1.29, 1.82) is 0 Å². The molecular weight excluding hydrogens is 544 g/mol. The van der Waals surface area contributed by atoms with Gasteiger partial charge in [0.1, 0.15) is 29.7 Å². The van der Waals surface area contributed by atoms with Gasteiger partial charge in [0, 0.05) is 10.6 Å². The van der Waals surface area contributed by atoms with Crippen LogP contribution in [0.4, 0.5) is 0 Å². The number of thioether (sulfide) groups is 1. The number of carbonyl (C=O) groups excluding carboxylic acids is 3. The molecule has 0 bridgehead atoms. The molecule has 1 aromatic carbocycles. The van der Waals surface area contributed by atoms with Crippen molar-refractivity contribution in [2.24, 2.45) is 0 Å². The van der Waals surface area contributed by atoms with Gasteiger partial charge < -0.3 is 24.3 Å². The van der Waals surface area contributed by atoms with E-state index >= 15 is 0 Å². The minimum atomic E-state index is -1.47. The van der Waals surface area contributed by atoms with Crippen LogP contribution in [0, 0.1) is 0 Å². The molecule has 0 spiro atoms. The van der Waals surface area contributed by atoms with E-state index in [2.05, 4.69) is 5.32 Å². The van der Waals surface area contributed by atoms with Crippen LogP contribution in [0.1, 0.15) is 60.3 Å². The average molecular weight is 583 g/mol. The Labute approximate surface area is 239 Å². The molecule has 216 valence electrons. The Kier molecular flexibility index (Phi) is 11.3. The topological polar surface area (TPSA) is 103 Å². The number of unbranched alkanes of at least 4 members (excludes halogenated alkanes) is 2. The first-order chi connectivity index (χ1) is 18.6. The third-order valence-electron chi connectivity index (χ3n) is 6.13. The van der Waals surface area contributed by atoms with Gasteiger partial charge in [-0.05, 0) is 63.3 Å². The second kappa shape index (κ2) is 14.0. The number of nitrogens with zero attached hydrogens (tertiary/aromatic N) is 1. The number of halogens is 1. The van der Waals surface area contributed by atoms with Gasteiger partial charge in [-0.25, -0.2) is 9.69 Å². The highest BCUT2D eigenvalue weighted by Crippen LogP contribution is 2.51. The van der Waals surface area contributed by atoms with Gasteiger partial charge in [0.15, 0.2) is 6.61 Å². The monoisotopic (exact) mass is 582 g/mol. The molecule has 3 rings (SSSR count). The maximum absolute atomic E-state index is 13.4. The van der Waals surface area contributed by atoms with Crippen LogP contribution < -0.4 is 10.1 Å². The number of benzene rings is 1. The van der Waals surface area contributed by atoms with Crippen molar-refractivity contribution in [2.45, 2.75) is 89.3 Å². The molecule has 0 aromatic heterocycles. The quantitative estimate of drug-likeness (QED) is 0.145. The average Bonchev–Trinajstić information content (AvgIpc) is 2.89. The molecule has 1 saturated heterocycles. The summed E-state index contributed by atoms with van der Waals surface area (Å²) in [5, 5.41) is 4.79. The van der Waals surface area contributed by atoms with E-state index in [-0.39, 0.29) is 18.1 Å². The molecule has 0 saturated carbocycles. The van der Waals surface area contributed by atoms with E-state index in [1.54, 1.807) is 55.3 Å². The van der Waals surface area contributed by atoms with Crippen LogP contribution >= 0.6 is 23.4 Å². The third-order valence-corrected chi connectivity index (χ3v) is 7.57. The molecule has 11 heteroatoms. The molecule has 1 amide bonds. The fourth-order valence-electron chi connectivity index (χ4n) is 4.29. The summed E-state index contributed by atoms with van der Waals surface area (Å²) in [6.07, 6.45) is 3.91. The number of ether oxygens (including phenoxy) is 4. The molecule has 0 aliphatic carbocycles. The molecule has 2 heterocycles. The van der Waals surface area contributed by atoms with E-state index in [4.69, 9.17) is 30.5 Å². The first-order valence-electron chi connectivity index (χ1n) is 13.3. The fraction of sp³-hybridized carbons (Fsp3) is 0.607. The Morgan fingerprint density at radius 2 is 1.72 bits per heavy atom. The Morgan fingerprint density at radius 1 is 1.10 bits per heavy atom. The highest BCUT2D eigenvalue weighted by atomic mass is 35.5. The number of esters is 1. The van der Waals surface area contributed by atoms with Crippen LogP contribution in [0.2, 0.25) is 5.02 Å². The normalized spacial score (nSPS) is 22.2. The van der Waals surface area contributed by atoms with Gasteiger partial charge in [-0.1, -0.05) is 38.3 Å². The molecule has 39 heavy (non-hydrogen) atoms. The van der Waals surface area contributed by atoms with Crippen molar-refractivity contribution in [3.8, 4) is 5.75 Å². The molecule has 2 aliphatic rings. The predicted molar refractivity (Wildman–Crippen MR) is 150 cm³/mol. The highest BCUT2D eigenvalue weighted by Gasteiger charge is 2.69. The zero-order chi connectivity index (χ0) is 28.6. The summed E-state index contributed by atoms with van der Waals surface area (Å²) in [6.45, 7) is 9.83. The van der Waals surface area contributed by atoms with Gasteiger partial charge in [0.25, 0.3) is 11.8 Å². The van der Waals surface area contributed by atoms with Crippen LogP contribution in [0.25, 0.3) is 0 Å². The van der Waals surface area contributed by atoms with E-state index in [1.165, 1.54) is 11.8 Å². The predicted octanol–water partition coefficient (Wildman–Crippen LogP) is 4.67. The molecule has 2 aliphatic heterocycles. The molecule has 3 atom stereocenters. The summed E-state index contributed by atoms with van der Waals surface area (Å²) in [6, 6.07) is 5.03. The van der Waals surface area contributed by atoms with E-state index in [0.717, 1.165) is 25.7 Å². The van der Waals surface area contributed by atoms with Gasteiger partial charge in [0.05, 0.1) is 18.6 Å². The van der Waals surface area contributed by atoms with E-state index < -0.39 is 34.9 Å². The Balaban J connectivity index is 1.91. The maximum Gasteiger partial charge on any atom is 0.328 e. The van der Waals surface area contributed by atoms with Crippen LogP contribution in [0.15, 0.2) is 35.2 Å². The number of hydrogen-bond acceptors (Lipinski definition) is 9. The van der Waals surface area contributed by atoms with Crippen LogP contribution in [0.3, 0.4) is 0 Å². The highest BCUT2D eigenvalue weighted by molar-refractivity contribution is 8.02. The smallest absolute Gasteiger partial charge is 0.328 e. The second-order valence-corrected chi connectivity index (χ2v) is 11.9. The Bertz CT molecular complexity index is 1020. The largest absolute Gasteiger partial charge is 0.484 e. The van der Waals surface area contributed by atoms with Crippen molar-refractivity contribution in [1.82, 2.24) is 10.2 Å². The minimum absolute atomic E-state index is 0.236. The number of amides is 1. The van der Waals surface area contributed by atoms with Crippen molar-refractivity contribution < 1.29 is 33.3 Å². The number of nitrogens with one attached hydrogen (secondary N) is 1. The van der Waals surface area contributed by atoms with Crippen molar-refractivity contribution >= 4 is 41.5 Å². The zero-order valence-corrected chi connectivity index (χ0v) is 24.8. The molecule has 1 aromatic rings. The lowest BCUT2D eigenvalue weighted by Gasteiger charge is -2.63. The zero-order valence-electron chi connectivity index (χ0n) is 23.2. The summed E-state index contributed by atoms with van der Waals surface area (Å²) >= 11 is 7.26. The summed E-state index contributed by atoms with van der Waals surface area (Å²) in [4.78, 5) is 40.3. The standard InChI is InChI=1S/C28H39ClN2O7S/c1-6-8-14-36-28(37-15-9-7-2)24(30-22(33)17-35-21-12-10-20(29)11-13-21)25-31(28)23(19(16-32)18-39-25)26(34)38-27(3,4)5/h10-13,16,18,23-25H,6-9,14-15,17H2,1-5H3,(H,30,33)/t23?,24?,25-/m1/s1. The fourth-order valence-corrected chi connectivity index (χ4v) is 5.70. The summed E-state index contributed by atoms with van der Waals surface area (Å²) in [5.41, 5.74) is -0.513. The van der Waals surface area contributed by atoms with Gasteiger partial charge in [0.2, 0.25) is 0 Å². The van der Waals surface area contributed by atoms with Crippen molar-refractivity contribution in [3.05, 3.63) is 40.3 Å². The van der Waals surface area contributed by atoms with E-state index in [1.807, 2.05) is 13.8 Å². The molecule has 0 radical (unpaired) electrons. The minimum Gasteiger partial charge on any atom is -0.484 e. The van der Waals surface area contributed by atoms with Crippen molar-refractivity contribution in [3.63, 3.8) is 0 Å². The van der Waals surface area contributed by atoms with Crippen LogP contribution in [0.5, 0.6) is 5.75 Å². The van der Waals surface area contributed by atoms with E-state index in [0.29, 0.717) is 30.3 Å². The van der Waals surface area contributed by atoms with Gasteiger partial charge >= 0.3 is 5.97 Å². The van der Waals surface area contributed by atoms with E-state index in [9.17, 15) is 14.4 Å². The van der Waals surface area contributed by atoms with Crippen molar-refractivity contribution in [2.75, 3.05) is 19.8 Å². The molecule has 2 unspecified atom stereocenters. The first-order valence-corrected chi connectivity index (χ1v) is 14.7. The lowest BCUT2D eigenvalue weighted by Crippen LogP contribution is -2.85. The lowest BCUT2D eigenvalue weighted by molar-refractivity contribution is -0.390. The maximum atomic E-state index is 13.4. The second-order valence-electron chi connectivity index (χ2n) is 10.4. The van der Waals surface area contributed by atoms with Gasteiger partial charge in [-0.3, -0.25) is 9.59 Å². The molecular formula is C28H39ClN2O7S. The van der Waals surface area contributed by atoms with Gasteiger partial charge in [-0.2, -0.15) is 0 Å². The van der Waals surface area contributed by atoms with Gasteiger partial charge in [-0.15, -0.1) is 11.8 Å². The molecule has 1 N–H and O–H groups in total. The van der Waals surface area contributed by atoms with Crippen LogP contribution in [-0.4, -0.2) is 71.9 Å². The summed E-state index contributed by atoms with van der Waals surface area (Å²) in [5.74, 6) is -1.92. The SMILES string of the molecule is CCCCOC1(OCCCC)C(NC(=O)COc2ccc(Cl)cc2)[C@H]2SC=C(C=O)C(C(=O)OC(C)(C)C)N21. The summed E-state index contributed by atoms with van der Waals surface area (Å²) < 4.78 is 24.1. The lowest BCUT2D eigenvalue weighted by atomic mass is 9.93. The number of hydrogen-bond donors (Lipinski definition) is 1. The Morgan fingerprint density at radius 3 is 2.26 bits per heavy atom. The number of fused-ring (bicyclic) bond motifs is 1. The number of aldehydes is 1. The third kappa shape index (κ3) is 7.76. The number of rotatable bonds is 14. The Hall–Kier alpha value is -2.11. The first kappa shape index (κ1) is 31.4. The molecule has 9 nitrogen and oxygen atoms in total.